The van der Waals surface area contributed by atoms with Gasteiger partial charge in [-0.2, -0.15) is 0 Å². The minimum atomic E-state index is -0.116. The summed E-state index contributed by atoms with van der Waals surface area (Å²) in [7, 11) is 1.60. The molecular formula is C26H25Cl2N3O4. The highest BCUT2D eigenvalue weighted by molar-refractivity contribution is 6.39. The fourth-order valence-electron chi connectivity index (χ4n) is 4.34. The Morgan fingerprint density at radius 2 is 1.83 bits per heavy atom. The molecule has 1 aromatic heterocycles. The first kappa shape index (κ1) is 23.9. The van der Waals surface area contributed by atoms with Gasteiger partial charge in [-0.05, 0) is 30.3 Å². The third-order valence-electron chi connectivity index (χ3n) is 6.24. The molecule has 5 rings (SSSR count). The predicted molar refractivity (Wildman–Crippen MR) is 136 cm³/mol. The molecule has 3 aromatic rings. The van der Waals surface area contributed by atoms with Crippen molar-refractivity contribution in [3.63, 3.8) is 0 Å². The molecule has 0 aliphatic carbocycles. The average Bonchev–Trinajstić information content (AvgIpc) is 3.20. The van der Waals surface area contributed by atoms with Crippen LogP contribution >= 0.6 is 23.2 Å². The average molecular weight is 514 g/mol. The zero-order valence-corrected chi connectivity index (χ0v) is 20.8. The zero-order valence-electron chi connectivity index (χ0n) is 19.3. The second-order valence-electron chi connectivity index (χ2n) is 8.35. The van der Waals surface area contributed by atoms with Gasteiger partial charge < -0.3 is 19.1 Å². The standard InChI is InChI=1S/C26H25Cl2N3O4/c1-33-24-13-18(5-6-23(24)35-12-9-30-7-10-34-11-8-30)31-16-17-15-29-22(14-19(17)26(31)32)25-20(27)3-2-4-21(25)28/h2-6,13-15H,7-12,16H2,1H3. The summed E-state index contributed by atoms with van der Waals surface area (Å²) < 4.78 is 16.9. The van der Waals surface area contributed by atoms with E-state index in [-0.39, 0.29) is 5.91 Å². The number of morpholine rings is 1. The number of methoxy groups -OCH3 is 1. The lowest BCUT2D eigenvalue weighted by Gasteiger charge is -2.26. The topological polar surface area (TPSA) is 64.1 Å². The van der Waals surface area contributed by atoms with Gasteiger partial charge >= 0.3 is 0 Å². The zero-order chi connectivity index (χ0) is 24.4. The van der Waals surface area contributed by atoms with Crippen molar-refractivity contribution in [2.24, 2.45) is 0 Å². The van der Waals surface area contributed by atoms with Gasteiger partial charge in [0.05, 0.1) is 42.6 Å². The first-order valence-corrected chi connectivity index (χ1v) is 12.2. The van der Waals surface area contributed by atoms with E-state index in [1.807, 2.05) is 18.2 Å². The van der Waals surface area contributed by atoms with Crippen LogP contribution in [-0.2, 0) is 11.3 Å². The van der Waals surface area contributed by atoms with E-state index < -0.39 is 0 Å². The van der Waals surface area contributed by atoms with Gasteiger partial charge in [0.1, 0.15) is 6.61 Å². The van der Waals surface area contributed by atoms with Crippen molar-refractivity contribution < 1.29 is 19.0 Å². The van der Waals surface area contributed by atoms with E-state index in [1.165, 1.54) is 0 Å². The lowest BCUT2D eigenvalue weighted by Crippen LogP contribution is -2.38. The number of aromatic nitrogens is 1. The van der Waals surface area contributed by atoms with Crippen LogP contribution in [0.5, 0.6) is 11.5 Å². The minimum Gasteiger partial charge on any atom is -0.493 e. The number of anilines is 1. The van der Waals surface area contributed by atoms with Crippen molar-refractivity contribution in [2.75, 3.05) is 51.5 Å². The van der Waals surface area contributed by atoms with Crippen LogP contribution in [0.15, 0.2) is 48.7 Å². The number of amides is 1. The summed E-state index contributed by atoms with van der Waals surface area (Å²) in [5.74, 6) is 1.11. The summed E-state index contributed by atoms with van der Waals surface area (Å²) >= 11 is 12.7. The first-order chi connectivity index (χ1) is 17.0. The van der Waals surface area contributed by atoms with E-state index in [0.29, 0.717) is 51.5 Å². The van der Waals surface area contributed by atoms with Crippen LogP contribution in [0.2, 0.25) is 10.0 Å². The molecule has 0 radical (unpaired) electrons. The van der Waals surface area contributed by atoms with Gasteiger partial charge in [0.2, 0.25) is 0 Å². The van der Waals surface area contributed by atoms with E-state index in [9.17, 15) is 4.79 Å². The number of hydrogen-bond acceptors (Lipinski definition) is 6. The van der Waals surface area contributed by atoms with Gasteiger partial charge in [0.15, 0.2) is 11.5 Å². The molecule has 182 valence electrons. The summed E-state index contributed by atoms with van der Waals surface area (Å²) in [6.45, 7) is 5.12. The van der Waals surface area contributed by atoms with Crippen molar-refractivity contribution in [1.29, 1.82) is 0 Å². The van der Waals surface area contributed by atoms with Crippen LogP contribution in [0, 0.1) is 0 Å². The lowest BCUT2D eigenvalue weighted by atomic mass is 10.1. The molecule has 7 nitrogen and oxygen atoms in total. The summed E-state index contributed by atoms with van der Waals surface area (Å²) in [5.41, 5.74) is 3.32. The van der Waals surface area contributed by atoms with Gasteiger partial charge in [-0.3, -0.25) is 14.7 Å². The lowest BCUT2D eigenvalue weighted by molar-refractivity contribution is 0.0321. The molecule has 1 saturated heterocycles. The highest BCUT2D eigenvalue weighted by Gasteiger charge is 2.30. The molecule has 2 aromatic carbocycles. The molecular weight excluding hydrogens is 489 g/mol. The van der Waals surface area contributed by atoms with Crippen molar-refractivity contribution in [3.8, 4) is 22.8 Å². The number of rotatable bonds is 7. The molecule has 0 N–H and O–H groups in total. The number of carbonyl (C=O) groups excluding carboxylic acids is 1. The van der Waals surface area contributed by atoms with Gasteiger partial charge in [-0.15, -0.1) is 0 Å². The molecule has 3 heterocycles. The highest BCUT2D eigenvalue weighted by atomic mass is 35.5. The SMILES string of the molecule is COc1cc(N2Cc3cnc(-c4c(Cl)cccc4Cl)cc3C2=O)ccc1OCCN1CCOCC1. The molecule has 2 aliphatic rings. The van der Waals surface area contributed by atoms with Crippen LogP contribution in [0.4, 0.5) is 5.69 Å². The van der Waals surface area contributed by atoms with Crippen LogP contribution in [-0.4, -0.2) is 62.4 Å². The van der Waals surface area contributed by atoms with Crippen molar-refractivity contribution in [1.82, 2.24) is 9.88 Å². The van der Waals surface area contributed by atoms with E-state index in [4.69, 9.17) is 37.4 Å². The Labute approximate surface area is 214 Å². The van der Waals surface area contributed by atoms with E-state index in [1.54, 1.807) is 42.5 Å². The number of carbonyl (C=O) groups is 1. The number of halogens is 2. The van der Waals surface area contributed by atoms with E-state index in [2.05, 4.69) is 9.88 Å². The fraction of sp³-hybridized carbons (Fsp3) is 0.308. The number of hydrogen-bond donors (Lipinski definition) is 0. The third kappa shape index (κ3) is 4.95. The Kier molecular flexibility index (Phi) is 7.11. The summed E-state index contributed by atoms with van der Waals surface area (Å²) in [6, 6.07) is 12.6. The second-order valence-corrected chi connectivity index (χ2v) is 9.17. The number of fused-ring (bicyclic) bond motifs is 1. The smallest absolute Gasteiger partial charge is 0.259 e. The molecule has 0 spiro atoms. The normalized spacial score (nSPS) is 15.9. The Bertz CT molecular complexity index is 1230. The van der Waals surface area contributed by atoms with Crippen LogP contribution in [0.3, 0.4) is 0 Å². The number of benzene rings is 2. The molecule has 0 saturated carbocycles. The maximum atomic E-state index is 13.3. The summed E-state index contributed by atoms with van der Waals surface area (Å²) in [4.78, 5) is 21.9. The molecule has 9 heteroatoms. The second kappa shape index (κ2) is 10.4. The predicted octanol–water partition coefficient (Wildman–Crippen LogP) is 4.94. The van der Waals surface area contributed by atoms with Crippen LogP contribution in [0.25, 0.3) is 11.3 Å². The van der Waals surface area contributed by atoms with Crippen molar-refractivity contribution >= 4 is 34.8 Å². The minimum absolute atomic E-state index is 0.116. The molecule has 1 amide bonds. The van der Waals surface area contributed by atoms with Gasteiger partial charge in [-0.25, -0.2) is 0 Å². The van der Waals surface area contributed by atoms with Crippen LogP contribution < -0.4 is 14.4 Å². The summed E-state index contributed by atoms with van der Waals surface area (Å²) in [5, 5.41) is 0.974. The van der Waals surface area contributed by atoms with E-state index in [0.717, 1.165) is 44.1 Å². The quantitative estimate of drug-likeness (QED) is 0.446. The molecule has 0 atom stereocenters. The monoisotopic (exact) mass is 513 g/mol. The molecule has 35 heavy (non-hydrogen) atoms. The fourth-order valence-corrected chi connectivity index (χ4v) is 4.93. The molecule has 1 fully saturated rings. The van der Waals surface area contributed by atoms with Crippen molar-refractivity contribution in [3.05, 3.63) is 69.8 Å². The number of ether oxygens (including phenoxy) is 3. The van der Waals surface area contributed by atoms with Crippen molar-refractivity contribution in [2.45, 2.75) is 6.54 Å². The molecule has 2 aliphatic heterocycles. The Balaban J connectivity index is 1.32. The highest BCUT2D eigenvalue weighted by Crippen LogP contribution is 2.38. The first-order valence-electron chi connectivity index (χ1n) is 11.4. The molecule has 0 unspecified atom stereocenters. The van der Waals surface area contributed by atoms with Crippen LogP contribution in [0.1, 0.15) is 15.9 Å². The molecule has 0 bridgehead atoms. The Morgan fingerprint density at radius 3 is 2.57 bits per heavy atom. The largest absolute Gasteiger partial charge is 0.493 e. The number of nitrogens with zero attached hydrogens (tertiary/aromatic N) is 3. The number of pyridine rings is 1. The summed E-state index contributed by atoms with van der Waals surface area (Å²) in [6.07, 6.45) is 1.71. The Morgan fingerprint density at radius 1 is 1.06 bits per heavy atom. The van der Waals surface area contributed by atoms with E-state index >= 15 is 0 Å². The Hall–Kier alpha value is -2.84. The van der Waals surface area contributed by atoms with Gasteiger partial charge in [0.25, 0.3) is 5.91 Å². The van der Waals surface area contributed by atoms with Gasteiger partial charge in [0, 0.05) is 54.3 Å². The maximum Gasteiger partial charge on any atom is 0.259 e. The maximum absolute atomic E-state index is 13.3. The third-order valence-corrected chi connectivity index (χ3v) is 6.87. The van der Waals surface area contributed by atoms with Gasteiger partial charge in [-0.1, -0.05) is 29.3 Å².